The number of carbonyl (C=O) groups is 3. The molecule has 3 aliphatic rings. The Morgan fingerprint density at radius 2 is 1.77 bits per heavy atom. The van der Waals surface area contributed by atoms with Gasteiger partial charge in [-0.3, -0.25) is 14.5 Å². The number of nitrogens with zero attached hydrogens (tertiary/aromatic N) is 3. The van der Waals surface area contributed by atoms with E-state index in [2.05, 4.69) is 9.62 Å². The fourth-order valence-electron chi connectivity index (χ4n) is 6.43. The van der Waals surface area contributed by atoms with Crippen molar-refractivity contribution in [3.63, 3.8) is 0 Å². The number of amides is 2. The van der Waals surface area contributed by atoms with Crippen LogP contribution in [0.4, 0.5) is 13.2 Å². The minimum atomic E-state index is -5.05. The van der Waals surface area contributed by atoms with Crippen LogP contribution in [0.3, 0.4) is 0 Å². The minimum absolute atomic E-state index is 0.0369. The maximum Gasteiger partial charge on any atom is 0.471 e. The van der Waals surface area contributed by atoms with E-state index >= 15 is 0 Å². The molecule has 2 aromatic carbocycles. The topological polar surface area (TPSA) is 116 Å². The van der Waals surface area contributed by atoms with Gasteiger partial charge >= 0.3 is 18.1 Å². The third kappa shape index (κ3) is 8.34. The lowest BCUT2D eigenvalue weighted by Crippen LogP contribution is -2.55. The number of fused-ring (bicyclic) bond motifs is 1. The largest absolute Gasteiger partial charge is 0.471 e. The molecule has 2 amide bonds. The summed E-state index contributed by atoms with van der Waals surface area (Å²) >= 11 is 0. The number of alkyl halides is 3. The molecule has 10 nitrogen and oxygen atoms in total. The minimum Gasteiger partial charge on any atom is -0.467 e. The van der Waals surface area contributed by atoms with Gasteiger partial charge in [0, 0.05) is 39.3 Å². The van der Waals surface area contributed by atoms with E-state index in [0.717, 1.165) is 23.3 Å². The van der Waals surface area contributed by atoms with E-state index in [1.807, 2.05) is 49.4 Å². The summed E-state index contributed by atoms with van der Waals surface area (Å²) in [5.41, 5.74) is 3.77. The molecular weight excluding hydrogens is 649 g/mol. The maximum absolute atomic E-state index is 14.2. The van der Waals surface area contributed by atoms with Gasteiger partial charge in [-0.05, 0) is 61.4 Å². The van der Waals surface area contributed by atoms with Crippen molar-refractivity contribution in [3.8, 4) is 0 Å². The molecule has 0 spiro atoms. The van der Waals surface area contributed by atoms with Crippen LogP contribution in [0, 0.1) is 0 Å². The second-order valence-electron chi connectivity index (χ2n) is 12.4. The lowest BCUT2D eigenvalue weighted by Gasteiger charge is -2.36. The van der Waals surface area contributed by atoms with Gasteiger partial charge in [0.2, 0.25) is 15.9 Å². The molecule has 258 valence electrons. The highest BCUT2D eigenvalue weighted by Crippen LogP contribution is 2.28. The first-order valence-electron chi connectivity index (χ1n) is 15.7. The van der Waals surface area contributed by atoms with Crippen LogP contribution in [0.2, 0.25) is 0 Å². The number of carbonyl (C=O) groups excluding carboxylic acids is 3. The van der Waals surface area contributed by atoms with Gasteiger partial charge in [0.1, 0.15) is 12.1 Å². The molecule has 5 rings (SSSR count). The van der Waals surface area contributed by atoms with Gasteiger partial charge < -0.3 is 14.5 Å². The monoisotopic (exact) mass is 688 g/mol. The van der Waals surface area contributed by atoms with E-state index in [9.17, 15) is 36.0 Å². The second kappa shape index (κ2) is 14.6. The van der Waals surface area contributed by atoms with Crippen molar-refractivity contribution in [2.45, 2.75) is 68.9 Å². The number of sulfonamides is 1. The van der Waals surface area contributed by atoms with Gasteiger partial charge in [0.05, 0.1) is 12.0 Å². The molecular formula is C34H39F3N4O6S. The molecule has 0 aromatic heterocycles. The van der Waals surface area contributed by atoms with Gasteiger partial charge in [-0.15, -0.1) is 0 Å². The normalized spacial score (nSPS) is 19.6. The number of methoxy groups -OCH3 is 1. The predicted molar refractivity (Wildman–Crippen MR) is 171 cm³/mol. The Labute approximate surface area is 278 Å². The summed E-state index contributed by atoms with van der Waals surface area (Å²) in [5.74, 6) is -3.20. The lowest BCUT2D eigenvalue weighted by atomic mass is 9.97. The van der Waals surface area contributed by atoms with Gasteiger partial charge in [-0.25, -0.2) is 13.2 Å². The molecule has 1 N–H and O–H groups in total. The van der Waals surface area contributed by atoms with Crippen molar-refractivity contribution in [2.75, 3.05) is 33.3 Å². The third-order valence-electron chi connectivity index (χ3n) is 8.93. The summed E-state index contributed by atoms with van der Waals surface area (Å²) in [6, 6.07) is 11.8. The summed E-state index contributed by atoms with van der Waals surface area (Å²) in [7, 11) is -3.18. The molecule has 0 radical (unpaired) electrons. The van der Waals surface area contributed by atoms with E-state index in [0.29, 0.717) is 30.0 Å². The van der Waals surface area contributed by atoms with Crippen molar-refractivity contribution in [1.82, 2.24) is 19.4 Å². The molecule has 0 bridgehead atoms. The number of ether oxygens (including phenoxy) is 1. The number of nitrogens with one attached hydrogen (secondary N) is 1. The van der Waals surface area contributed by atoms with Crippen molar-refractivity contribution in [1.29, 1.82) is 0 Å². The molecule has 0 saturated heterocycles. The standard InChI is InChI=1S/C34H39F3N4O6S/c1-23-12-16-41(30(17-23)32(43)47-2)31(42)29(18-25-9-6-14-39(21-25)20-24-7-4-3-5-8-24)38-48(45,46)28-11-10-26-13-15-40(22-27(26)19-28)33(44)34(35,36)37/h3-5,7-12,19,29-30,38H,6,13-18,20-22H2,1-2H3/t29-,30+/m0/s1. The number of hydrogen-bond donors (Lipinski definition) is 1. The van der Waals surface area contributed by atoms with Crippen LogP contribution in [0.5, 0.6) is 0 Å². The molecule has 0 aliphatic carbocycles. The summed E-state index contributed by atoms with van der Waals surface area (Å²) < 4.78 is 74.7. The van der Waals surface area contributed by atoms with E-state index in [1.54, 1.807) is 0 Å². The zero-order valence-electron chi connectivity index (χ0n) is 26.8. The Hall–Kier alpha value is -4.01. The van der Waals surface area contributed by atoms with Crippen LogP contribution in [-0.2, 0) is 48.7 Å². The van der Waals surface area contributed by atoms with Gasteiger partial charge in [0.25, 0.3) is 0 Å². The average molecular weight is 689 g/mol. The molecule has 48 heavy (non-hydrogen) atoms. The smallest absolute Gasteiger partial charge is 0.467 e. The van der Waals surface area contributed by atoms with Crippen LogP contribution < -0.4 is 4.72 Å². The molecule has 2 atom stereocenters. The van der Waals surface area contributed by atoms with E-state index < -0.39 is 52.6 Å². The number of hydrogen-bond acceptors (Lipinski definition) is 7. The third-order valence-corrected chi connectivity index (χ3v) is 10.4. The van der Waals surface area contributed by atoms with Gasteiger partial charge in [0.15, 0.2) is 0 Å². The van der Waals surface area contributed by atoms with Crippen LogP contribution in [0.25, 0.3) is 0 Å². The van der Waals surface area contributed by atoms with Crippen molar-refractivity contribution in [3.05, 3.63) is 88.5 Å². The highest BCUT2D eigenvalue weighted by molar-refractivity contribution is 7.89. The Bertz CT molecular complexity index is 1710. The first-order chi connectivity index (χ1) is 22.7. The molecule has 14 heteroatoms. The second-order valence-corrected chi connectivity index (χ2v) is 14.1. The quantitative estimate of drug-likeness (QED) is 0.316. The first kappa shape index (κ1) is 35.3. The van der Waals surface area contributed by atoms with Gasteiger partial charge in [-0.2, -0.15) is 17.9 Å². The lowest BCUT2D eigenvalue weighted by molar-refractivity contribution is -0.186. The summed E-state index contributed by atoms with van der Waals surface area (Å²) in [4.78, 5) is 42.8. The van der Waals surface area contributed by atoms with Crippen LogP contribution >= 0.6 is 0 Å². The summed E-state index contributed by atoms with van der Waals surface area (Å²) in [6.45, 7) is 3.34. The molecule has 3 heterocycles. The molecule has 3 aliphatic heterocycles. The fourth-order valence-corrected chi connectivity index (χ4v) is 7.67. The molecule has 2 aromatic rings. The average Bonchev–Trinajstić information content (AvgIpc) is 3.06. The van der Waals surface area contributed by atoms with Crippen molar-refractivity contribution < 1.29 is 40.7 Å². The zero-order chi connectivity index (χ0) is 34.6. The maximum atomic E-state index is 14.2. The van der Waals surface area contributed by atoms with Crippen LogP contribution in [0.15, 0.2) is 76.7 Å². The Morgan fingerprint density at radius 1 is 1.02 bits per heavy atom. The zero-order valence-corrected chi connectivity index (χ0v) is 27.6. The van der Waals surface area contributed by atoms with Crippen LogP contribution in [0.1, 0.15) is 42.9 Å². The number of rotatable bonds is 9. The highest BCUT2D eigenvalue weighted by Gasteiger charge is 2.43. The van der Waals surface area contributed by atoms with Crippen molar-refractivity contribution >= 4 is 27.8 Å². The van der Waals surface area contributed by atoms with E-state index in [4.69, 9.17) is 4.74 Å². The highest BCUT2D eigenvalue weighted by atomic mass is 32.2. The Kier molecular flexibility index (Phi) is 10.8. The van der Waals surface area contributed by atoms with E-state index in [-0.39, 0.29) is 42.8 Å². The Balaban J connectivity index is 1.41. The van der Waals surface area contributed by atoms with Crippen molar-refractivity contribution in [2.24, 2.45) is 0 Å². The SMILES string of the molecule is COC(=O)[C@H]1CC(C)=CCN1C(=O)[C@H](CC1=CCCN(Cc2ccccc2)C1)NS(=O)(=O)c1ccc2c(c1)CN(C(=O)C(F)(F)F)CC2. The van der Waals surface area contributed by atoms with Gasteiger partial charge in [-0.1, -0.05) is 59.7 Å². The number of benzene rings is 2. The Morgan fingerprint density at radius 3 is 2.48 bits per heavy atom. The van der Waals surface area contributed by atoms with Crippen LogP contribution in [-0.4, -0.2) is 92.4 Å². The molecule has 0 fully saturated rings. The summed E-state index contributed by atoms with van der Waals surface area (Å²) in [5, 5.41) is 0. The molecule has 0 unspecified atom stereocenters. The summed E-state index contributed by atoms with van der Waals surface area (Å²) in [6.07, 6.45) is -0.133. The number of halogens is 3. The molecule has 0 saturated carbocycles. The fraction of sp³-hybridized carbons (Fsp3) is 0.441. The number of esters is 1. The first-order valence-corrected chi connectivity index (χ1v) is 17.2. The van der Waals surface area contributed by atoms with E-state index in [1.165, 1.54) is 30.2 Å². The predicted octanol–water partition coefficient (Wildman–Crippen LogP) is 3.72.